The number of nitrogens with zero attached hydrogens (tertiary/aromatic N) is 1. The number of hydrogen-bond acceptors (Lipinski definition) is 4. The van der Waals surface area contributed by atoms with Crippen LogP contribution in [0.4, 0.5) is 0 Å². The second-order valence-corrected chi connectivity index (χ2v) is 5.63. The van der Waals surface area contributed by atoms with Gasteiger partial charge in [0.1, 0.15) is 6.54 Å². The Kier molecular flexibility index (Phi) is 14.3. The Bertz CT molecular complexity index is 221. The zero-order chi connectivity index (χ0) is 15.1. The van der Waals surface area contributed by atoms with E-state index in [1.165, 1.54) is 57.8 Å². The molecule has 0 saturated heterocycles. The second-order valence-electron chi connectivity index (χ2n) is 5.63. The van der Waals surface area contributed by atoms with Crippen molar-refractivity contribution in [3.8, 4) is 0 Å². The monoisotopic (exact) mass is 286 g/mol. The van der Waals surface area contributed by atoms with E-state index in [4.69, 9.17) is 4.74 Å². The van der Waals surface area contributed by atoms with Gasteiger partial charge in [-0.25, -0.2) is 5.43 Å². The van der Waals surface area contributed by atoms with Gasteiger partial charge >= 0.3 is 5.97 Å². The van der Waals surface area contributed by atoms with Crippen molar-refractivity contribution in [2.24, 2.45) is 0 Å². The van der Waals surface area contributed by atoms with E-state index < -0.39 is 0 Å². The Morgan fingerprint density at radius 2 is 1.40 bits per heavy atom. The van der Waals surface area contributed by atoms with Crippen LogP contribution >= 0.6 is 0 Å². The highest BCUT2D eigenvalue weighted by Gasteiger charge is 2.02. The molecule has 0 atom stereocenters. The number of nitrogens with one attached hydrogen (secondary N) is 1. The molecule has 0 aromatic heterocycles. The quantitative estimate of drug-likeness (QED) is 0.301. The normalized spacial score (nSPS) is 11.0. The van der Waals surface area contributed by atoms with E-state index in [-0.39, 0.29) is 12.5 Å². The summed E-state index contributed by atoms with van der Waals surface area (Å²) in [7, 11) is 3.71. The van der Waals surface area contributed by atoms with Crippen LogP contribution in [0.5, 0.6) is 0 Å². The Morgan fingerprint density at radius 1 is 0.900 bits per heavy atom. The van der Waals surface area contributed by atoms with Crippen molar-refractivity contribution < 1.29 is 9.53 Å². The highest BCUT2D eigenvalue weighted by atomic mass is 16.5. The molecule has 20 heavy (non-hydrogen) atoms. The molecule has 0 unspecified atom stereocenters. The summed E-state index contributed by atoms with van der Waals surface area (Å²) in [4.78, 5) is 11.3. The van der Waals surface area contributed by atoms with Gasteiger partial charge in [-0.2, -0.15) is 0 Å². The van der Waals surface area contributed by atoms with Crippen LogP contribution in [0.3, 0.4) is 0 Å². The van der Waals surface area contributed by atoms with Crippen molar-refractivity contribution in [3.63, 3.8) is 0 Å². The van der Waals surface area contributed by atoms with Crippen LogP contribution in [0, 0.1) is 0 Å². The highest BCUT2D eigenvalue weighted by Crippen LogP contribution is 2.10. The molecule has 0 spiro atoms. The molecule has 1 N–H and O–H groups in total. The molecular weight excluding hydrogens is 252 g/mol. The minimum Gasteiger partial charge on any atom is -0.465 e. The lowest BCUT2D eigenvalue weighted by molar-refractivity contribution is -0.143. The molecule has 120 valence electrons. The summed E-state index contributed by atoms with van der Waals surface area (Å²) >= 11 is 0. The Morgan fingerprint density at radius 3 is 1.90 bits per heavy atom. The number of ether oxygens (including phenoxy) is 1. The average molecular weight is 286 g/mol. The zero-order valence-electron chi connectivity index (χ0n) is 13.7. The Balaban J connectivity index is 3.11. The van der Waals surface area contributed by atoms with E-state index in [0.717, 1.165) is 6.42 Å². The number of unbranched alkanes of at least 4 members (excludes halogenated alkanes) is 9. The smallest absolute Gasteiger partial charge is 0.321 e. The molecule has 0 fully saturated rings. The van der Waals surface area contributed by atoms with Crippen LogP contribution in [-0.4, -0.2) is 38.2 Å². The maximum atomic E-state index is 11.3. The first-order valence-electron chi connectivity index (χ1n) is 8.23. The summed E-state index contributed by atoms with van der Waals surface area (Å²) in [5.41, 5.74) is 2.89. The van der Waals surface area contributed by atoms with Crippen molar-refractivity contribution >= 4 is 5.97 Å². The maximum absolute atomic E-state index is 11.3. The molecule has 0 heterocycles. The van der Waals surface area contributed by atoms with E-state index in [1.807, 2.05) is 14.1 Å². The van der Waals surface area contributed by atoms with Gasteiger partial charge in [0.2, 0.25) is 0 Å². The van der Waals surface area contributed by atoms with E-state index in [1.54, 1.807) is 5.01 Å². The third kappa shape index (κ3) is 15.4. The van der Waals surface area contributed by atoms with Crippen molar-refractivity contribution in [2.75, 3.05) is 27.2 Å². The molecule has 0 aliphatic rings. The van der Waals surface area contributed by atoms with Crippen molar-refractivity contribution in [1.29, 1.82) is 0 Å². The van der Waals surface area contributed by atoms with Crippen LogP contribution < -0.4 is 5.43 Å². The molecule has 0 saturated carbocycles. The van der Waals surface area contributed by atoms with Gasteiger partial charge in [-0.1, -0.05) is 64.7 Å². The minimum atomic E-state index is -0.172. The van der Waals surface area contributed by atoms with Crippen LogP contribution in [0.25, 0.3) is 0 Å². The molecule has 0 radical (unpaired) electrons. The average Bonchev–Trinajstić information content (AvgIpc) is 2.42. The summed E-state index contributed by atoms with van der Waals surface area (Å²) in [5, 5.41) is 1.75. The molecule has 0 aliphatic carbocycles. The predicted molar refractivity (Wildman–Crippen MR) is 84.5 cm³/mol. The number of esters is 1. The molecular formula is C16H34N2O2. The van der Waals surface area contributed by atoms with Crippen LogP contribution in [0.1, 0.15) is 71.1 Å². The summed E-state index contributed by atoms with van der Waals surface area (Å²) in [5.74, 6) is -0.172. The van der Waals surface area contributed by atoms with Gasteiger partial charge in [-0.15, -0.1) is 0 Å². The molecule has 0 amide bonds. The van der Waals surface area contributed by atoms with Gasteiger partial charge in [0, 0.05) is 14.1 Å². The number of rotatable bonds is 14. The number of hydrogen-bond donors (Lipinski definition) is 1. The zero-order valence-corrected chi connectivity index (χ0v) is 13.7. The molecule has 4 nitrogen and oxygen atoms in total. The van der Waals surface area contributed by atoms with Crippen LogP contribution in [-0.2, 0) is 9.53 Å². The Labute approximate surface area is 125 Å². The summed E-state index contributed by atoms with van der Waals surface area (Å²) in [6, 6.07) is 0. The summed E-state index contributed by atoms with van der Waals surface area (Å²) in [6.07, 6.45) is 13.0. The summed E-state index contributed by atoms with van der Waals surface area (Å²) in [6.45, 7) is 3.07. The van der Waals surface area contributed by atoms with E-state index in [9.17, 15) is 4.79 Å². The highest BCUT2D eigenvalue weighted by molar-refractivity contribution is 5.71. The van der Waals surface area contributed by atoms with Crippen molar-refractivity contribution in [3.05, 3.63) is 0 Å². The third-order valence-electron chi connectivity index (χ3n) is 3.30. The third-order valence-corrected chi connectivity index (χ3v) is 3.30. The first-order valence-corrected chi connectivity index (χ1v) is 8.23. The van der Waals surface area contributed by atoms with Gasteiger partial charge in [0.15, 0.2) is 0 Å². The summed E-state index contributed by atoms with van der Waals surface area (Å²) < 4.78 is 5.14. The molecule has 0 aliphatic heterocycles. The fourth-order valence-electron chi connectivity index (χ4n) is 2.05. The van der Waals surface area contributed by atoms with Crippen molar-refractivity contribution in [2.45, 2.75) is 71.1 Å². The molecule has 0 aromatic carbocycles. The lowest BCUT2D eigenvalue weighted by Gasteiger charge is -2.11. The SMILES string of the molecule is CCCCCCCCCCCCOC(=O)CNN(C)C. The molecule has 4 heteroatoms. The fraction of sp³-hybridized carbons (Fsp3) is 0.938. The van der Waals surface area contributed by atoms with Gasteiger partial charge in [-0.05, 0) is 6.42 Å². The minimum absolute atomic E-state index is 0.172. The fourth-order valence-corrected chi connectivity index (χ4v) is 2.05. The molecule has 0 rings (SSSR count). The largest absolute Gasteiger partial charge is 0.465 e. The molecule has 0 bridgehead atoms. The second kappa shape index (κ2) is 14.8. The number of carbonyl (C=O) groups is 1. The van der Waals surface area contributed by atoms with Gasteiger partial charge in [0.05, 0.1) is 6.61 Å². The lowest BCUT2D eigenvalue weighted by atomic mass is 10.1. The first kappa shape index (κ1) is 19.4. The predicted octanol–water partition coefficient (Wildman–Crippen LogP) is 3.52. The van der Waals surface area contributed by atoms with E-state index >= 15 is 0 Å². The topological polar surface area (TPSA) is 41.6 Å². The van der Waals surface area contributed by atoms with Gasteiger partial charge < -0.3 is 4.74 Å². The van der Waals surface area contributed by atoms with Gasteiger partial charge in [-0.3, -0.25) is 9.80 Å². The van der Waals surface area contributed by atoms with Crippen LogP contribution in [0.2, 0.25) is 0 Å². The standard InChI is InChI=1S/C16H34N2O2/c1-4-5-6-7-8-9-10-11-12-13-14-20-16(19)15-17-18(2)3/h17H,4-15H2,1-3H3. The molecule has 0 aromatic rings. The van der Waals surface area contributed by atoms with Crippen molar-refractivity contribution in [1.82, 2.24) is 10.4 Å². The maximum Gasteiger partial charge on any atom is 0.321 e. The van der Waals surface area contributed by atoms with Gasteiger partial charge in [0.25, 0.3) is 0 Å². The van der Waals surface area contributed by atoms with E-state index in [0.29, 0.717) is 6.61 Å². The lowest BCUT2D eigenvalue weighted by Crippen LogP contribution is -2.35. The first-order chi connectivity index (χ1) is 9.66. The van der Waals surface area contributed by atoms with E-state index in [2.05, 4.69) is 12.3 Å². The van der Waals surface area contributed by atoms with Crippen LogP contribution in [0.15, 0.2) is 0 Å². The Hall–Kier alpha value is -0.610. The number of hydrazine groups is 1. The number of carbonyl (C=O) groups excluding carboxylic acids is 1.